The number of aryl methyl sites for hydroxylation is 1. The lowest BCUT2D eigenvalue weighted by Crippen LogP contribution is -2.26. The molecule has 0 aliphatic carbocycles. The minimum absolute atomic E-state index is 0.133. The van der Waals surface area contributed by atoms with Gasteiger partial charge in [0, 0.05) is 37.3 Å². The van der Waals surface area contributed by atoms with Crippen molar-refractivity contribution in [2.24, 2.45) is 0 Å². The van der Waals surface area contributed by atoms with Gasteiger partial charge in [0.15, 0.2) is 0 Å². The van der Waals surface area contributed by atoms with Crippen LogP contribution in [0.15, 0.2) is 36.7 Å². The second-order valence-electron chi connectivity index (χ2n) is 4.32. The average molecular weight is 295 g/mol. The maximum Gasteiger partial charge on any atom is 0.222 e. The predicted molar refractivity (Wildman–Crippen MR) is 78.4 cm³/mol. The molecule has 0 atom stereocenters. The van der Waals surface area contributed by atoms with Crippen molar-refractivity contribution in [3.05, 3.63) is 51.4 Å². The number of thiophene rings is 1. The largest absolute Gasteiger partial charge is 0.341 e. The van der Waals surface area contributed by atoms with E-state index in [9.17, 15) is 4.79 Å². The van der Waals surface area contributed by atoms with Crippen LogP contribution in [0, 0.1) is 0 Å². The van der Waals surface area contributed by atoms with Gasteiger partial charge in [-0.15, -0.1) is 11.3 Å². The normalized spacial score (nSPS) is 10.4. The number of hydrogen-bond acceptors (Lipinski definition) is 3. The quantitative estimate of drug-likeness (QED) is 0.847. The van der Waals surface area contributed by atoms with Gasteiger partial charge in [0.1, 0.15) is 0 Å². The van der Waals surface area contributed by atoms with Crippen molar-refractivity contribution in [3.63, 3.8) is 0 Å². The van der Waals surface area contributed by atoms with Gasteiger partial charge >= 0.3 is 0 Å². The first-order valence-electron chi connectivity index (χ1n) is 6.02. The molecule has 0 aliphatic rings. The van der Waals surface area contributed by atoms with Gasteiger partial charge in [-0.05, 0) is 30.2 Å². The fraction of sp³-hybridized carbons (Fsp3) is 0.286. The van der Waals surface area contributed by atoms with E-state index in [4.69, 9.17) is 11.6 Å². The first kappa shape index (κ1) is 14.0. The average Bonchev–Trinajstić information content (AvgIpc) is 2.83. The third-order valence-electron chi connectivity index (χ3n) is 2.78. The summed E-state index contributed by atoms with van der Waals surface area (Å²) in [6, 6.07) is 7.68. The first-order chi connectivity index (χ1) is 9.15. The van der Waals surface area contributed by atoms with Crippen LogP contribution < -0.4 is 0 Å². The molecule has 2 rings (SSSR count). The fourth-order valence-corrected chi connectivity index (χ4v) is 2.85. The zero-order valence-electron chi connectivity index (χ0n) is 10.7. The molecule has 1 amide bonds. The Balaban J connectivity index is 1.82. The monoisotopic (exact) mass is 294 g/mol. The highest BCUT2D eigenvalue weighted by atomic mass is 35.5. The van der Waals surface area contributed by atoms with E-state index in [0.29, 0.717) is 13.0 Å². The molecule has 2 heterocycles. The second-order valence-corrected chi connectivity index (χ2v) is 6.12. The van der Waals surface area contributed by atoms with E-state index in [0.717, 1.165) is 21.2 Å². The molecule has 0 fully saturated rings. The Labute approximate surface area is 121 Å². The Morgan fingerprint density at radius 1 is 1.42 bits per heavy atom. The van der Waals surface area contributed by atoms with Crippen molar-refractivity contribution in [1.82, 2.24) is 9.88 Å². The van der Waals surface area contributed by atoms with Gasteiger partial charge in [0.05, 0.1) is 4.34 Å². The van der Waals surface area contributed by atoms with Crippen LogP contribution >= 0.6 is 22.9 Å². The summed E-state index contributed by atoms with van der Waals surface area (Å²) >= 11 is 7.39. The van der Waals surface area contributed by atoms with Crippen molar-refractivity contribution >= 4 is 28.8 Å². The van der Waals surface area contributed by atoms with Crippen molar-refractivity contribution in [3.8, 4) is 0 Å². The number of carbonyl (C=O) groups excluding carboxylic acids is 1. The van der Waals surface area contributed by atoms with Gasteiger partial charge in [-0.1, -0.05) is 17.7 Å². The molecule has 0 spiro atoms. The van der Waals surface area contributed by atoms with Crippen molar-refractivity contribution in [1.29, 1.82) is 0 Å². The smallest absolute Gasteiger partial charge is 0.222 e. The van der Waals surface area contributed by atoms with Crippen LogP contribution in [-0.2, 0) is 17.8 Å². The Bertz CT molecular complexity index is 541. The zero-order chi connectivity index (χ0) is 13.7. The molecule has 0 aromatic carbocycles. The van der Waals surface area contributed by atoms with Crippen LogP contribution in [0.25, 0.3) is 0 Å². The van der Waals surface area contributed by atoms with Gasteiger partial charge in [0.25, 0.3) is 0 Å². The lowest BCUT2D eigenvalue weighted by molar-refractivity contribution is -0.130. The van der Waals surface area contributed by atoms with Crippen LogP contribution in [-0.4, -0.2) is 22.8 Å². The van der Waals surface area contributed by atoms with Gasteiger partial charge in [-0.2, -0.15) is 0 Å². The zero-order valence-corrected chi connectivity index (χ0v) is 12.2. The van der Waals surface area contributed by atoms with E-state index < -0.39 is 0 Å². The van der Waals surface area contributed by atoms with Gasteiger partial charge in [-0.25, -0.2) is 0 Å². The van der Waals surface area contributed by atoms with Crippen molar-refractivity contribution in [2.75, 3.05) is 7.05 Å². The predicted octanol–water partition coefficient (Wildman–Crippen LogP) is 3.39. The highest BCUT2D eigenvalue weighted by Gasteiger charge is 2.10. The molecule has 100 valence electrons. The van der Waals surface area contributed by atoms with E-state index in [-0.39, 0.29) is 5.91 Å². The number of rotatable bonds is 5. The van der Waals surface area contributed by atoms with E-state index >= 15 is 0 Å². The van der Waals surface area contributed by atoms with Crippen LogP contribution in [0.3, 0.4) is 0 Å². The SMILES string of the molecule is CN(Cc1cccnc1)C(=O)CCc1ccc(Cl)s1. The second kappa shape index (κ2) is 6.68. The van der Waals surface area contributed by atoms with Gasteiger partial charge in [-0.3, -0.25) is 9.78 Å². The number of pyridine rings is 1. The summed E-state index contributed by atoms with van der Waals surface area (Å²) in [4.78, 5) is 18.9. The highest BCUT2D eigenvalue weighted by molar-refractivity contribution is 7.16. The van der Waals surface area contributed by atoms with E-state index in [1.165, 1.54) is 11.3 Å². The van der Waals surface area contributed by atoms with Crippen LogP contribution in [0.2, 0.25) is 4.34 Å². The molecule has 0 N–H and O–H groups in total. The van der Waals surface area contributed by atoms with Crippen molar-refractivity contribution < 1.29 is 4.79 Å². The van der Waals surface area contributed by atoms with Gasteiger partial charge < -0.3 is 4.90 Å². The van der Waals surface area contributed by atoms with Crippen molar-refractivity contribution in [2.45, 2.75) is 19.4 Å². The highest BCUT2D eigenvalue weighted by Crippen LogP contribution is 2.22. The molecule has 0 unspecified atom stereocenters. The minimum Gasteiger partial charge on any atom is -0.341 e. The molecule has 0 aliphatic heterocycles. The number of carbonyl (C=O) groups is 1. The molecule has 2 aromatic rings. The van der Waals surface area contributed by atoms with E-state index in [1.54, 1.807) is 17.3 Å². The summed E-state index contributed by atoms with van der Waals surface area (Å²) < 4.78 is 0.770. The lowest BCUT2D eigenvalue weighted by atomic mass is 10.2. The molecule has 0 radical (unpaired) electrons. The number of hydrogen-bond donors (Lipinski definition) is 0. The summed E-state index contributed by atoms with van der Waals surface area (Å²) in [7, 11) is 1.82. The van der Waals surface area contributed by atoms with E-state index in [1.807, 2.05) is 31.3 Å². The number of halogens is 1. The molecule has 3 nitrogen and oxygen atoms in total. The minimum atomic E-state index is 0.133. The molecule has 5 heteroatoms. The molecular weight excluding hydrogens is 280 g/mol. The Kier molecular flexibility index (Phi) is 4.93. The van der Waals surface area contributed by atoms with Crippen LogP contribution in [0.1, 0.15) is 16.9 Å². The number of nitrogens with zero attached hydrogens (tertiary/aromatic N) is 2. The molecule has 0 saturated carbocycles. The molecule has 19 heavy (non-hydrogen) atoms. The fourth-order valence-electron chi connectivity index (χ4n) is 1.76. The molecular formula is C14H15ClN2OS. The lowest BCUT2D eigenvalue weighted by Gasteiger charge is -2.16. The summed E-state index contributed by atoms with van der Waals surface area (Å²) in [5.41, 5.74) is 1.04. The number of aromatic nitrogens is 1. The van der Waals surface area contributed by atoms with Gasteiger partial charge in [0.2, 0.25) is 5.91 Å². The topological polar surface area (TPSA) is 33.2 Å². The molecule has 2 aromatic heterocycles. The maximum atomic E-state index is 12.0. The Morgan fingerprint density at radius 3 is 2.89 bits per heavy atom. The molecule has 0 saturated heterocycles. The summed E-state index contributed by atoms with van der Waals surface area (Å²) in [5.74, 6) is 0.133. The summed E-state index contributed by atoms with van der Waals surface area (Å²) in [5, 5.41) is 0. The van der Waals surface area contributed by atoms with Crippen LogP contribution in [0.5, 0.6) is 0 Å². The summed E-state index contributed by atoms with van der Waals surface area (Å²) in [6.07, 6.45) is 4.76. The third-order valence-corrected chi connectivity index (χ3v) is 4.07. The number of amides is 1. The van der Waals surface area contributed by atoms with Crippen LogP contribution in [0.4, 0.5) is 0 Å². The Hall–Kier alpha value is -1.39. The standard InChI is InChI=1S/C14H15ClN2OS/c1-17(10-11-3-2-8-16-9-11)14(18)7-5-12-4-6-13(15)19-12/h2-4,6,8-9H,5,7,10H2,1H3. The Morgan fingerprint density at radius 2 is 2.26 bits per heavy atom. The maximum absolute atomic E-state index is 12.0. The third kappa shape index (κ3) is 4.33. The molecule has 0 bridgehead atoms. The summed E-state index contributed by atoms with van der Waals surface area (Å²) in [6.45, 7) is 0.595. The van der Waals surface area contributed by atoms with E-state index in [2.05, 4.69) is 4.98 Å². The first-order valence-corrected chi connectivity index (χ1v) is 7.21.